The molecule has 2 aromatic rings. The van der Waals surface area contributed by atoms with Gasteiger partial charge in [0, 0.05) is 41.7 Å². The van der Waals surface area contributed by atoms with E-state index in [4.69, 9.17) is 33.2 Å². The molecule has 2 N–H and O–H groups in total. The topological polar surface area (TPSA) is 103 Å². The van der Waals surface area contributed by atoms with Crippen LogP contribution < -0.4 is 10.1 Å². The number of nitrogens with zero attached hydrogens (tertiary/aromatic N) is 2. The van der Waals surface area contributed by atoms with Gasteiger partial charge in [-0.2, -0.15) is 9.57 Å². The summed E-state index contributed by atoms with van der Waals surface area (Å²) >= 11 is 12.0. The van der Waals surface area contributed by atoms with Gasteiger partial charge in [-0.05, 0) is 44.2 Å². The van der Waals surface area contributed by atoms with Crippen LogP contribution in [-0.2, 0) is 10.0 Å². The molecule has 0 saturated carbocycles. The van der Waals surface area contributed by atoms with Gasteiger partial charge >= 0.3 is 0 Å². The zero-order chi connectivity index (χ0) is 24.4. The number of halogens is 3. The van der Waals surface area contributed by atoms with Gasteiger partial charge in [0.2, 0.25) is 10.0 Å². The fourth-order valence-corrected chi connectivity index (χ4v) is 5.76. The third-order valence-corrected chi connectivity index (χ3v) is 7.99. The summed E-state index contributed by atoms with van der Waals surface area (Å²) in [5, 5.41) is 22.0. The fourth-order valence-electron chi connectivity index (χ4n) is 3.34. The Hall–Kier alpha value is -1.93. The van der Waals surface area contributed by atoms with Crippen LogP contribution in [0.1, 0.15) is 19.4 Å². The first kappa shape index (κ1) is 25.7. The summed E-state index contributed by atoms with van der Waals surface area (Å²) in [7, 11) is -3.86. The average molecular weight is 516 g/mol. The van der Waals surface area contributed by atoms with Gasteiger partial charge in [-0.3, -0.25) is 0 Å². The molecule has 1 saturated heterocycles. The summed E-state index contributed by atoms with van der Waals surface area (Å²) in [6.07, 6.45) is 0. The van der Waals surface area contributed by atoms with Crippen molar-refractivity contribution in [3.63, 3.8) is 0 Å². The number of aliphatic hydroxyl groups excluding tert-OH is 1. The van der Waals surface area contributed by atoms with Crippen LogP contribution in [0.15, 0.2) is 41.3 Å². The Bertz CT molecular complexity index is 1180. The molecule has 0 radical (unpaired) electrons. The van der Waals surface area contributed by atoms with Crippen LogP contribution in [0.5, 0.6) is 5.75 Å². The second-order valence-electron chi connectivity index (χ2n) is 8.79. The molecule has 7 nitrogen and oxygen atoms in total. The number of nitriles is 1. The molecule has 0 unspecified atom stereocenters. The van der Waals surface area contributed by atoms with Crippen LogP contribution in [0.4, 0.5) is 4.39 Å². The minimum atomic E-state index is -3.86. The molecule has 0 amide bonds. The van der Waals surface area contributed by atoms with Gasteiger partial charge in [-0.15, -0.1) is 0 Å². The lowest BCUT2D eigenvalue weighted by molar-refractivity contribution is 0.0105. The van der Waals surface area contributed by atoms with Crippen LogP contribution in [-0.4, -0.2) is 56.2 Å². The number of hydrogen-bond donors (Lipinski definition) is 2. The number of nitrogens with one attached hydrogen (secondary N) is 1. The van der Waals surface area contributed by atoms with E-state index in [1.807, 2.05) is 13.8 Å². The number of hydrogen-bond acceptors (Lipinski definition) is 6. The molecule has 1 heterocycles. The number of sulfonamides is 1. The van der Waals surface area contributed by atoms with Gasteiger partial charge in [0.25, 0.3) is 0 Å². The van der Waals surface area contributed by atoms with Gasteiger partial charge < -0.3 is 15.2 Å². The molecule has 3 rings (SSSR count). The fraction of sp³-hybridized carbons (Fsp3) is 0.409. The van der Waals surface area contributed by atoms with E-state index in [9.17, 15) is 17.9 Å². The molecule has 1 fully saturated rings. The highest BCUT2D eigenvalue weighted by Gasteiger charge is 2.50. The van der Waals surface area contributed by atoms with Crippen molar-refractivity contribution in [2.24, 2.45) is 5.41 Å². The van der Waals surface area contributed by atoms with E-state index in [0.29, 0.717) is 11.6 Å². The van der Waals surface area contributed by atoms with Gasteiger partial charge in [0.1, 0.15) is 22.5 Å². The number of aliphatic hydroxyl groups is 1. The third kappa shape index (κ3) is 5.77. The van der Waals surface area contributed by atoms with Crippen molar-refractivity contribution in [2.45, 2.75) is 24.3 Å². The summed E-state index contributed by atoms with van der Waals surface area (Å²) in [4.78, 5) is -0.0408. The van der Waals surface area contributed by atoms with Crippen molar-refractivity contribution in [3.05, 3.63) is 57.8 Å². The van der Waals surface area contributed by atoms with E-state index >= 15 is 0 Å². The van der Waals surface area contributed by atoms with Crippen LogP contribution in [0.2, 0.25) is 10.0 Å². The predicted octanol–water partition coefficient (Wildman–Crippen LogP) is 3.43. The minimum absolute atomic E-state index is 0.0313. The van der Waals surface area contributed by atoms with Gasteiger partial charge in [0.15, 0.2) is 0 Å². The van der Waals surface area contributed by atoms with E-state index < -0.39 is 26.8 Å². The molecule has 2 aromatic carbocycles. The number of rotatable bonds is 9. The smallest absolute Gasteiger partial charge is 0.244 e. The summed E-state index contributed by atoms with van der Waals surface area (Å²) in [6, 6.07) is 9.88. The zero-order valence-electron chi connectivity index (χ0n) is 18.1. The molecular formula is C22H24Cl2FN3O4S. The van der Waals surface area contributed by atoms with Crippen molar-refractivity contribution in [2.75, 3.05) is 32.8 Å². The Labute approximate surface area is 202 Å². The number of benzene rings is 2. The average Bonchev–Trinajstić information content (AvgIpc) is 2.72. The first-order valence-electron chi connectivity index (χ1n) is 10.0. The summed E-state index contributed by atoms with van der Waals surface area (Å²) in [5.41, 5.74) is -1.32. The van der Waals surface area contributed by atoms with Crippen molar-refractivity contribution in [1.29, 1.82) is 5.26 Å². The van der Waals surface area contributed by atoms with Gasteiger partial charge in [0.05, 0.1) is 23.8 Å². The molecule has 178 valence electrons. The Balaban J connectivity index is 1.78. The van der Waals surface area contributed by atoms with Crippen molar-refractivity contribution >= 4 is 33.2 Å². The molecular weight excluding hydrogens is 492 g/mol. The highest BCUT2D eigenvalue weighted by Crippen LogP contribution is 2.38. The van der Waals surface area contributed by atoms with E-state index in [1.165, 1.54) is 34.6 Å². The standard InChI is InChI=1S/C22H24Cl2FN3O4S/c1-21(2,13-29)27-10-22(14-32-17-5-3-15(9-26)19(25)8-17)11-28(12-22)33(30,31)20-6-4-16(23)7-18(20)24/h3-8,27,29H,10-14H2,1-2H3. The second kappa shape index (κ2) is 9.74. The largest absolute Gasteiger partial charge is 0.493 e. The second-order valence-corrected chi connectivity index (χ2v) is 11.5. The maximum absolute atomic E-state index is 13.9. The number of ether oxygens (including phenoxy) is 1. The first-order chi connectivity index (χ1) is 15.4. The molecule has 0 spiro atoms. The SMILES string of the molecule is CC(C)(CO)NCC1(COc2ccc(C#N)c(F)c2)CN(S(=O)(=O)c2ccc(Cl)cc2Cl)C1. The normalized spacial score (nSPS) is 16.2. The first-order valence-corrected chi connectivity index (χ1v) is 12.2. The lowest BCUT2D eigenvalue weighted by Gasteiger charge is -2.49. The third-order valence-electron chi connectivity index (χ3n) is 5.48. The van der Waals surface area contributed by atoms with Crippen molar-refractivity contribution in [3.8, 4) is 11.8 Å². The lowest BCUT2D eigenvalue weighted by atomic mass is 9.81. The highest BCUT2D eigenvalue weighted by atomic mass is 35.5. The zero-order valence-corrected chi connectivity index (χ0v) is 20.4. The predicted molar refractivity (Wildman–Crippen MR) is 123 cm³/mol. The van der Waals surface area contributed by atoms with Gasteiger partial charge in [-0.25, -0.2) is 12.8 Å². The molecule has 0 bridgehead atoms. The Morgan fingerprint density at radius 1 is 1.27 bits per heavy atom. The molecule has 0 aromatic heterocycles. The van der Waals surface area contributed by atoms with Crippen molar-refractivity contribution in [1.82, 2.24) is 9.62 Å². The molecule has 33 heavy (non-hydrogen) atoms. The summed E-state index contributed by atoms with van der Waals surface area (Å²) in [6.45, 7) is 4.21. The monoisotopic (exact) mass is 515 g/mol. The van der Waals surface area contributed by atoms with E-state index in [-0.39, 0.29) is 47.5 Å². The summed E-state index contributed by atoms with van der Waals surface area (Å²) < 4.78 is 47.2. The summed E-state index contributed by atoms with van der Waals surface area (Å²) in [5.74, 6) is -0.465. The molecule has 0 aliphatic carbocycles. The minimum Gasteiger partial charge on any atom is -0.493 e. The maximum Gasteiger partial charge on any atom is 0.244 e. The Kier molecular flexibility index (Phi) is 7.58. The Morgan fingerprint density at radius 2 is 1.97 bits per heavy atom. The molecule has 1 aliphatic rings. The van der Waals surface area contributed by atoms with Crippen LogP contribution in [0.3, 0.4) is 0 Å². The lowest BCUT2D eigenvalue weighted by Crippen LogP contribution is -2.66. The van der Waals surface area contributed by atoms with E-state index in [1.54, 1.807) is 6.07 Å². The van der Waals surface area contributed by atoms with E-state index in [0.717, 1.165) is 6.07 Å². The van der Waals surface area contributed by atoms with Gasteiger partial charge in [-0.1, -0.05) is 23.2 Å². The van der Waals surface area contributed by atoms with Crippen LogP contribution in [0.25, 0.3) is 0 Å². The molecule has 1 aliphatic heterocycles. The van der Waals surface area contributed by atoms with Crippen molar-refractivity contribution < 1.29 is 22.7 Å². The quantitative estimate of drug-likeness (QED) is 0.530. The van der Waals surface area contributed by atoms with E-state index in [2.05, 4.69) is 5.32 Å². The maximum atomic E-state index is 13.9. The highest BCUT2D eigenvalue weighted by molar-refractivity contribution is 7.89. The Morgan fingerprint density at radius 3 is 2.55 bits per heavy atom. The molecule has 0 atom stereocenters. The van der Waals surface area contributed by atoms with Crippen LogP contribution >= 0.6 is 23.2 Å². The molecule has 11 heteroatoms. The van der Waals surface area contributed by atoms with Crippen LogP contribution in [0, 0.1) is 22.6 Å².